The third kappa shape index (κ3) is 4.41. The van der Waals surface area contributed by atoms with Crippen molar-refractivity contribution in [3.05, 3.63) is 52.5 Å². The third-order valence-corrected chi connectivity index (χ3v) is 7.59. The van der Waals surface area contributed by atoms with Gasteiger partial charge in [-0.05, 0) is 77.7 Å². The molecule has 9 heteroatoms. The first-order valence-electron chi connectivity index (χ1n) is 7.59. The molecule has 1 aliphatic carbocycles. The van der Waals surface area contributed by atoms with Crippen LogP contribution < -0.4 is 9.44 Å². The van der Waals surface area contributed by atoms with Gasteiger partial charge in [0.1, 0.15) is 4.90 Å². The van der Waals surface area contributed by atoms with Gasteiger partial charge in [0.15, 0.2) is 0 Å². The average Bonchev–Trinajstić information content (AvgIpc) is 3.30. The van der Waals surface area contributed by atoms with Crippen LogP contribution in [0.25, 0.3) is 0 Å². The van der Waals surface area contributed by atoms with Crippen LogP contribution >= 0.6 is 15.9 Å². The molecule has 1 aliphatic rings. The van der Waals surface area contributed by atoms with Crippen molar-refractivity contribution >= 4 is 41.7 Å². The summed E-state index contributed by atoms with van der Waals surface area (Å²) in [6.45, 7) is 1.86. The largest absolute Gasteiger partial charge is 0.280 e. The Morgan fingerprint density at radius 2 is 1.60 bits per heavy atom. The highest BCUT2D eigenvalue weighted by atomic mass is 79.9. The Balaban J connectivity index is 1.80. The van der Waals surface area contributed by atoms with Crippen molar-refractivity contribution in [2.75, 3.05) is 4.72 Å². The minimum atomic E-state index is -3.78. The summed E-state index contributed by atoms with van der Waals surface area (Å²) in [5.41, 5.74) is 1.22. The molecule has 3 rings (SSSR count). The number of sulfonamides is 2. The quantitative estimate of drug-likeness (QED) is 0.715. The van der Waals surface area contributed by atoms with E-state index in [-0.39, 0.29) is 21.5 Å². The highest BCUT2D eigenvalue weighted by Gasteiger charge is 2.28. The number of benzene rings is 2. The fraction of sp³-hybridized carbons (Fsp3) is 0.250. The Morgan fingerprint density at radius 1 is 0.960 bits per heavy atom. The van der Waals surface area contributed by atoms with E-state index in [0.29, 0.717) is 4.47 Å². The molecule has 2 aromatic rings. The van der Waals surface area contributed by atoms with Crippen LogP contribution in [0, 0.1) is 6.92 Å². The average molecular weight is 445 g/mol. The lowest BCUT2D eigenvalue weighted by molar-refractivity contribution is 0.581. The van der Waals surface area contributed by atoms with Gasteiger partial charge in [0.2, 0.25) is 10.0 Å². The minimum absolute atomic E-state index is 0.0158. The molecule has 6 nitrogen and oxygen atoms in total. The van der Waals surface area contributed by atoms with Crippen LogP contribution in [0.4, 0.5) is 5.69 Å². The molecule has 0 unspecified atom stereocenters. The molecular formula is C16H17BrN2O4S2. The van der Waals surface area contributed by atoms with E-state index in [9.17, 15) is 16.8 Å². The molecule has 2 aromatic carbocycles. The second-order valence-corrected chi connectivity index (χ2v) is 10.2. The number of halogens is 1. The van der Waals surface area contributed by atoms with Gasteiger partial charge in [-0.15, -0.1) is 0 Å². The minimum Gasteiger partial charge on any atom is -0.280 e. The molecule has 0 aliphatic heterocycles. The molecule has 0 heterocycles. The monoisotopic (exact) mass is 444 g/mol. The van der Waals surface area contributed by atoms with Gasteiger partial charge in [-0.3, -0.25) is 4.72 Å². The Bertz CT molecular complexity index is 999. The van der Waals surface area contributed by atoms with Crippen molar-refractivity contribution < 1.29 is 16.8 Å². The molecule has 134 valence electrons. The van der Waals surface area contributed by atoms with Gasteiger partial charge in [0.05, 0.1) is 4.90 Å². The van der Waals surface area contributed by atoms with E-state index >= 15 is 0 Å². The standard InChI is InChI=1S/C16H17BrN2O4S2/c1-11-2-9-16(15(17)10-11)25(22,23)19-13-5-7-14(8-6-13)24(20,21)18-12-3-4-12/h2,5-10,12,18-19H,3-4H2,1H3. The highest BCUT2D eigenvalue weighted by molar-refractivity contribution is 9.10. The second kappa shape index (κ2) is 6.71. The second-order valence-electron chi connectivity index (χ2n) is 5.96. The zero-order valence-corrected chi connectivity index (χ0v) is 16.6. The van der Waals surface area contributed by atoms with Crippen molar-refractivity contribution in [2.45, 2.75) is 35.6 Å². The van der Waals surface area contributed by atoms with Crippen LogP contribution in [-0.4, -0.2) is 22.9 Å². The molecule has 0 amide bonds. The van der Waals surface area contributed by atoms with Gasteiger partial charge in [-0.25, -0.2) is 21.6 Å². The summed E-state index contributed by atoms with van der Waals surface area (Å²) in [7, 11) is -7.34. The number of hydrogen-bond donors (Lipinski definition) is 2. The maximum Gasteiger partial charge on any atom is 0.263 e. The van der Waals surface area contributed by atoms with Crippen LogP contribution in [0.2, 0.25) is 0 Å². The maximum absolute atomic E-state index is 12.5. The predicted molar refractivity (Wildman–Crippen MR) is 99.5 cm³/mol. The van der Waals surface area contributed by atoms with Crippen LogP contribution in [-0.2, 0) is 20.0 Å². The van der Waals surface area contributed by atoms with E-state index in [1.165, 1.54) is 30.3 Å². The number of hydrogen-bond acceptors (Lipinski definition) is 4. The van der Waals surface area contributed by atoms with Crippen LogP contribution in [0.1, 0.15) is 18.4 Å². The lowest BCUT2D eigenvalue weighted by Gasteiger charge is -2.11. The lowest BCUT2D eigenvalue weighted by Crippen LogP contribution is -2.25. The van der Waals surface area contributed by atoms with Gasteiger partial charge in [-0.2, -0.15) is 0 Å². The van der Waals surface area contributed by atoms with E-state index in [1.807, 2.05) is 6.92 Å². The summed E-state index contributed by atoms with van der Waals surface area (Å²) in [6, 6.07) is 10.6. The summed E-state index contributed by atoms with van der Waals surface area (Å²) in [5, 5.41) is 0. The Kier molecular flexibility index (Phi) is 4.93. The zero-order valence-electron chi connectivity index (χ0n) is 13.4. The first-order chi connectivity index (χ1) is 11.7. The van der Waals surface area contributed by atoms with E-state index < -0.39 is 20.0 Å². The molecule has 25 heavy (non-hydrogen) atoms. The molecule has 0 aromatic heterocycles. The van der Waals surface area contributed by atoms with Crippen LogP contribution in [0.5, 0.6) is 0 Å². The van der Waals surface area contributed by atoms with Gasteiger partial charge in [0.25, 0.3) is 10.0 Å². The Hall–Kier alpha value is -1.42. The first kappa shape index (κ1) is 18.4. The number of anilines is 1. The molecule has 0 atom stereocenters. The number of nitrogens with one attached hydrogen (secondary N) is 2. The third-order valence-electron chi connectivity index (χ3n) is 3.69. The Labute approximate surface area is 155 Å². The van der Waals surface area contributed by atoms with Crippen LogP contribution in [0.15, 0.2) is 56.7 Å². The normalized spacial score (nSPS) is 15.1. The molecule has 0 bridgehead atoms. The number of aryl methyl sites for hydroxylation is 1. The van der Waals surface area contributed by atoms with E-state index in [4.69, 9.17) is 0 Å². The van der Waals surface area contributed by atoms with E-state index in [0.717, 1.165) is 18.4 Å². The zero-order chi connectivity index (χ0) is 18.2. The molecule has 1 fully saturated rings. The summed E-state index contributed by atoms with van der Waals surface area (Å²) >= 11 is 3.26. The van der Waals surface area contributed by atoms with Gasteiger partial charge in [-0.1, -0.05) is 6.07 Å². The van der Waals surface area contributed by atoms with Crippen molar-refractivity contribution in [1.82, 2.24) is 4.72 Å². The van der Waals surface area contributed by atoms with Gasteiger partial charge in [0, 0.05) is 16.2 Å². The topological polar surface area (TPSA) is 92.3 Å². The van der Waals surface area contributed by atoms with Crippen molar-refractivity contribution in [3.63, 3.8) is 0 Å². The van der Waals surface area contributed by atoms with Crippen molar-refractivity contribution in [1.29, 1.82) is 0 Å². The van der Waals surface area contributed by atoms with E-state index in [1.54, 1.807) is 12.1 Å². The fourth-order valence-corrected chi connectivity index (χ4v) is 5.78. The summed E-state index contributed by atoms with van der Waals surface area (Å²) in [5.74, 6) is 0. The summed E-state index contributed by atoms with van der Waals surface area (Å²) < 4.78 is 54.7. The van der Waals surface area contributed by atoms with Crippen molar-refractivity contribution in [2.24, 2.45) is 0 Å². The molecule has 1 saturated carbocycles. The maximum atomic E-state index is 12.5. The fourth-order valence-electron chi connectivity index (χ4n) is 2.22. The van der Waals surface area contributed by atoms with Crippen LogP contribution in [0.3, 0.4) is 0 Å². The van der Waals surface area contributed by atoms with E-state index in [2.05, 4.69) is 25.4 Å². The summed E-state index contributed by atoms with van der Waals surface area (Å²) in [4.78, 5) is 0.226. The molecule has 2 N–H and O–H groups in total. The predicted octanol–water partition coefficient (Wildman–Crippen LogP) is 3.00. The number of rotatable bonds is 6. The summed E-state index contributed by atoms with van der Waals surface area (Å²) in [6.07, 6.45) is 1.70. The van der Waals surface area contributed by atoms with Gasteiger partial charge >= 0.3 is 0 Å². The first-order valence-corrected chi connectivity index (χ1v) is 11.3. The smallest absolute Gasteiger partial charge is 0.263 e. The molecule has 0 saturated heterocycles. The molecule has 0 spiro atoms. The highest BCUT2D eigenvalue weighted by Crippen LogP contribution is 2.26. The molecular weight excluding hydrogens is 428 g/mol. The SMILES string of the molecule is Cc1ccc(S(=O)(=O)Nc2ccc(S(=O)(=O)NC3CC3)cc2)c(Br)c1. The van der Waals surface area contributed by atoms with Crippen molar-refractivity contribution in [3.8, 4) is 0 Å². The Morgan fingerprint density at radius 3 is 2.16 bits per heavy atom. The molecule has 0 radical (unpaired) electrons. The lowest BCUT2D eigenvalue weighted by atomic mass is 10.2. The van der Waals surface area contributed by atoms with Gasteiger partial charge < -0.3 is 0 Å².